The second kappa shape index (κ2) is 6.65. The molecule has 1 rings (SSSR count). The van der Waals surface area contributed by atoms with Crippen LogP contribution in [-0.4, -0.2) is 12.6 Å². The maximum atomic E-state index is 2.41. The fourth-order valence-electron chi connectivity index (χ4n) is 2.67. The van der Waals surface area contributed by atoms with Crippen LogP contribution < -0.4 is 0 Å². The van der Waals surface area contributed by atoms with Crippen LogP contribution in [-0.2, 0) is 6.42 Å². The van der Waals surface area contributed by atoms with E-state index in [1.807, 2.05) is 0 Å². The van der Waals surface area contributed by atoms with Gasteiger partial charge >= 0.3 is 0 Å². The van der Waals surface area contributed by atoms with E-state index in [1.54, 1.807) is 5.56 Å². The van der Waals surface area contributed by atoms with Gasteiger partial charge in [0.2, 0.25) is 0 Å². The predicted octanol–water partition coefficient (Wildman–Crippen LogP) is 5.87. The number of hydrogen-bond donors (Lipinski definition) is 0. The summed E-state index contributed by atoms with van der Waals surface area (Å²) in [5.74, 6) is 0. The second-order valence-corrected chi connectivity index (χ2v) is 9.17. The highest BCUT2D eigenvalue weighted by Gasteiger charge is 2.23. The van der Waals surface area contributed by atoms with Gasteiger partial charge in [0.25, 0.3) is 0 Å². The molecule has 0 nitrogen and oxygen atoms in total. The van der Waals surface area contributed by atoms with E-state index in [1.165, 1.54) is 40.4 Å². The van der Waals surface area contributed by atoms with Gasteiger partial charge in [-0.05, 0) is 80.6 Å². The van der Waals surface area contributed by atoms with Gasteiger partial charge in [-0.3, -0.25) is 0 Å². The third-order valence-electron chi connectivity index (χ3n) is 5.28. The molecule has 0 aliphatic carbocycles. The molecule has 0 saturated carbocycles. The Morgan fingerprint density at radius 2 is 1.20 bits per heavy atom. The lowest BCUT2D eigenvalue weighted by Crippen LogP contribution is -2.17. The summed E-state index contributed by atoms with van der Waals surface area (Å²) in [6, 6.07) is 0. The summed E-state index contributed by atoms with van der Waals surface area (Å²) < 4.78 is 0. The van der Waals surface area contributed by atoms with Crippen LogP contribution in [0.2, 0.25) is 12.1 Å². The maximum Gasteiger partial charge on any atom is 0.169 e. The summed E-state index contributed by atoms with van der Waals surface area (Å²) in [6.45, 7) is 20.9. The average molecular weight is 290 g/mol. The molecule has 1 atom stereocenters. The van der Waals surface area contributed by atoms with E-state index < -0.39 is 0 Å². The first-order valence-electron chi connectivity index (χ1n) is 7.86. The van der Waals surface area contributed by atoms with Crippen molar-refractivity contribution in [2.24, 2.45) is 0 Å². The van der Waals surface area contributed by atoms with E-state index in [9.17, 15) is 0 Å². The van der Waals surface area contributed by atoms with Crippen molar-refractivity contribution in [3.8, 4) is 0 Å². The van der Waals surface area contributed by atoms with Gasteiger partial charge in [0.15, 0.2) is 6.43 Å². The largest absolute Gasteiger partial charge is 0.169 e. The minimum atomic E-state index is 0.446. The zero-order valence-electron chi connectivity index (χ0n) is 15.0. The molecular weight excluding hydrogens is 258 g/mol. The first kappa shape index (κ1) is 17.8. The molecule has 0 saturated heterocycles. The molecule has 1 aromatic carbocycles. The van der Waals surface area contributed by atoms with Crippen molar-refractivity contribution in [1.82, 2.24) is 0 Å². The van der Waals surface area contributed by atoms with Crippen LogP contribution in [0.1, 0.15) is 54.2 Å². The molecule has 0 spiro atoms. The molecule has 2 heteroatoms. The highest BCUT2D eigenvalue weighted by atomic mass is 31.1. The topological polar surface area (TPSA) is 0 Å². The van der Waals surface area contributed by atoms with Crippen molar-refractivity contribution < 1.29 is 0 Å². The van der Waals surface area contributed by atoms with Gasteiger partial charge in [0, 0.05) is 0 Å². The molecule has 0 N–H and O–H groups in total. The van der Waals surface area contributed by atoms with Gasteiger partial charge in [0.1, 0.15) is 0 Å². The summed E-state index contributed by atoms with van der Waals surface area (Å²) in [7, 11) is 1.07. The quantitative estimate of drug-likeness (QED) is 0.480. The van der Waals surface area contributed by atoms with Crippen LogP contribution in [0.5, 0.6) is 0 Å². The van der Waals surface area contributed by atoms with Crippen molar-refractivity contribution in [3.05, 3.63) is 33.4 Å². The van der Waals surface area contributed by atoms with Crippen LogP contribution in [0.4, 0.5) is 0 Å². The van der Waals surface area contributed by atoms with Crippen molar-refractivity contribution in [1.29, 1.82) is 0 Å². The average Bonchev–Trinajstić information content (AvgIpc) is 2.36. The standard InChI is InChI=1S/C18H32BP/c1-12-13(2)15(4)17(16(5)14(12)3)10-11-20-19(9)18(6,7)8/h20H,10-11H2,1-9H3. The Morgan fingerprint density at radius 1 is 0.800 bits per heavy atom. The summed E-state index contributed by atoms with van der Waals surface area (Å²) >= 11 is 0. The molecule has 0 aliphatic rings. The lowest BCUT2D eigenvalue weighted by Gasteiger charge is -2.25. The van der Waals surface area contributed by atoms with Crippen LogP contribution in [0.25, 0.3) is 0 Å². The Kier molecular flexibility index (Phi) is 5.91. The van der Waals surface area contributed by atoms with E-state index in [4.69, 9.17) is 0 Å². The molecule has 0 amide bonds. The van der Waals surface area contributed by atoms with Gasteiger partial charge in [-0.2, -0.15) is 8.46 Å². The smallest absolute Gasteiger partial charge is 0.155 e. The molecule has 1 aromatic rings. The van der Waals surface area contributed by atoms with E-state index >= 15 is 0 Å². The first-order valence-corrected chi connectivity index (χ1v) is 9.15. The summed E-state index contributed by atoms with van der Waals surface area (Å²) in [5, 5.41) is 0.446. The van der Waals surface area contributed by atoms with E-state index in [0.29, 0.717) is 5.31 Å². The first-order chi connectivity index (χ1) is 9.07. The van der Waals surface area contributed by atoms with Crippen LogP contribution in [0.3, 0.4) is 0 Å². The molecule has 0 radical (unpaired) electrons. The monoisotopic (exact) mass is 290 g/mol. The summed E-state index contributed by atoms with van der Waals surface area (Å²) in [6.07, 6.45) is 3.40. The third-order valence-corrected chi connectivity index (χ3v) is 7.30. The molecular formula is C18H32BP. The van der Waals surface area contributed by atoms with Crippen molar-refractivity contribution >= 4 is 14.9 Å². The molecule has 0 aromatic heterocycles. The predicted molar refractivity (Wildman–Crippen MR) is 98.3 cm³/mol. The zero-order valence-corrected chi connectivity index (χ0v) is 16.0. The van der Waals surface area contributed by atoms with Crippen LogP contribution in [0, 0.1) is 34.6 Å². The fourth-order valence-corrected chi connectivity index (χ4v) is 4.11. The van der Waals surface area contributed by atoms with Gasteiger partial charge in [-0.15, -0.1) is 0 Å². The SMILES string of the molecule is CB(PCCc1c(C)c(C)c(C)c(C)c1C)C(C)(C)C. The fraction of sp³-hybridized carbons (Fsp3) is 0.667. The molecule has 0 heterocycles. The van der Waals surface area contributed by atoms with Crippen LogP contribution in [0.15, 0.2) is 0 Å². The number of benzene rings is 1. The van der Waals surface area contributed by atoms with Crippen molar-refractivity contribution in [2.75, 3.05) is 6.16 Å². The van der Waals surface area contributed by atoms with Gasteiger partial charge in [0.05, 0.1) is 0 Å². The Hall–Kier alpha value is -0.285. The Labute approximate surface area is 129 Å². The molecule has 20 heavy (non-hydrogen) atoms. The van der Waals surface area contributed by atoms with Gasteiger partial charge < -0.3 is 0 Å². The highest BCUT2D eigenvalue weighted by Crippen LogP contribution is 2.37. The minimum absolute atomic E-state index is 0.446. The summed E-state index contributed by atoms with van der Waals surface area (Å²) in [4.78, 5) is 0. The highest BCUT2D eigenvalue weighted by molar-refractivity contribution is 7.76. The molecule has 112 valence electrons. The van der Waals surface area contributed by atoms with Crippen molar-refractivity contribution in [2.45, 2.75) is 73.9 Å². The van der Waals surface area contributed by atoms with Crippen LogP contribution >= 0.6 is 8.46 Å². The molecule has 1 unspecified atom stereocenters. The van der Waals surface area contributed by atoms with E-state index in [0.717, 1.165) is 14.9 Å². The van der Waals surface area contributed by atoms with E-state index in [2.05, 4.69) is 62.2 Å². The van der Waals surface area contributed by atoms with Crippen molar-refractivity contribution in [3.63, 3.8) is 0 Å². The molecule has 0 fully saturated rings. The lowest BCUT2D eigenvalue weighted by molar-refractivity contribution is 0.751. The summed E-state index contributed by atoms with van der Waals surface area (Å²) in [5.41, 5.74) is 9.14. The molecule has 0 aliphatic heterocycles. The van der Waals surface area contributed by atoms with Gasteiger partial charge in [-0.1, -0.05) is 32.9 Å². The Morgan fingerprint density at radius 3 is 1.60 bits per heavy atom. The molecule has 0 bridgehead atoms. The Balaban J connectivity index is 2.85. The normalized spacial score (nSPS) is 12.4. The zero-order chi connectivity index (χ0) is 15.7. The number of rotatable bonds is 4. The second-order valence-electron chi connectivity index (χ2n) is 7.40. The minimum Gasteiger partial charge on any atom is -0.155 e. The maximum absolute atomic E-state index is 2.41. The lowest BCUT2D eigenvalue weighted by atomic mass is 9.55. The van der Waals surface area contributed by atoms with E-state index in [-0.39, 0.29) is 0 Å². The third kappa shape index (κ3) is 3.88. The number of hydrogen-bond acceptors (Lipinski definition) is 0. The van der Waals surface area contributed by atoms with Gasteiger partial charge in [-0.25, -0.2) is 0 Å². The Bertz CT molecular complexity index is 454.